The largest absolute Gasteiger partial charge is 0.367 e. The molecule has 0 spiro atoms. The SMILES string of the molecule is CC(C)NCc1ccc(N2CCS(=O)(=O)CC2C)cc1. The van der Waals surface area contributed by atoms with Crippen molar-refractivity contribution < 1.29 is 8.42 Å². The van der Waals surface area contributed by atoms with Gasteiger partial charge < -0.3 is 10.2 Å². The molecule has 0 aromatic heterocycles. The lowest BCUT2D eigenvalue weighted by Gasteiger charge is -2.35. The Morgan fingerprint density at radius 3 is 2.50 bits per heavy atom. The lowest BCUT2D eigenvalue weighted by atomic mass is 10.1. The van der Waals surface area contributed by atoms with Crippen molar-refractivity contribution in [3.05, 3.63) is 29.8 Å². The van der Waals surface area contributed by atoms with Crippen LogP contribution in [0.4, 0.5) is 5.69 Å². The van der Waals surface area contributed by atoms with E-state index in [-0.39, 0.29) is 17.5 Å². The van der Waals surface area contributed by atoms with Crippen LogP contribution in [0.25, 0.3) is 0 Å². The van der Waals surface area contributed by atoms with Crippen LogP contribution in [0.5, 0.6) is 0 Å². The highest BCUT2D eigenvalue weighted by molar-refractivity contribution is 7.91. The summed E-state index contributed by atoms with van der Waals surface area (Å²) in [4.78, 5) is 2.18. The molecule has 2 rings (SSSR count). The molecule has 1 aliphatic heterocycles. The molecule has 112 valence electrons. The summed E-state index contributed by atoms with van der Waals surface area (Å²) in [5.41, 5.74) is 2.36. The third-order valence-corrected chi connectivity index (χ3v) is 5.45. The Morgan fingerprint density at radius 1 is 1.30 bits per heavy atom. The molecule has 1 N–H and O–H groups in total. The molecule has 1 aliphatic rings. The van der Waals surface area contributed by atoms with E-state index >= 15 is 0 Å². The van der Waals surface area contributed by atoms with Gasteiger partial charge >= 0.3 is 0 Å². The first-order valence-corrected chi connectivity index (χ1v) is 8.99. The molecule has 0 radical (unpaired) electrons. The predicted molar refractivity (Wildman–Crippen MR) is 83.9 cm³/mol. The number of hydrogen-bond donors (Lipinski definition) is 1. The van der Waals surface area contributed by atoms with Crippen LogP contribution in [0, 0.1) is 0 Å². The van der Waals surface area contributed by atoms with Gasteiger partial charge in [0.15, 0.2) is 9.84 Å². The fourth-order valence-corrected chi connectivity index (χ4v) is 4.07. The van der Waals surface area contributed by atoms with Gasteiger partial charge in [0, 0.05) is 30.9 Å². The molecule has 1 fully saturated rings. The molecular weight excluding hydrogens is 272 g/mol. The van der Waals surface area contributed by atoms with Gasteiger partial charge in [-0.1, -0.05) is 26.0 Å². The van der Waals surface area contributed by atoms with Gasteiger partial charge in [-0.2, -0.15) is 0 Å². The highest BCUT2D eigenvalue weighted by atomic mass is 32.2. The van der Waals surface area contributed by atoms with Gasteiger partial charge in [0.2, 0.25) is 0 Å². The highest BCUT2D eigenvalue weighted by Crippen LogP contribution is 2.22. The molecule has 1 atom stereocenters. The van der Waals surface area contributed by atoms with E-state index in [0.29, 0.717) is 12.6 Å². The van der Waals surface area contributed by atoms with Crippen LogP contribution in [0.2, 0.25) is 0 Å². The van der Waals surface area contributed by atoms with E-state index in [1.165, 1.54) is 5.56 Å². The minimum absolute atomic E-state index is 0.0494. The van der Waals surface area contributed by atoms with E-state index < -0.39 is 9.84 Å². The first-order chi connectivity index (χ1) is 9.37. The zero-order valence-electron chi connectivity index (χ0n) is 12.5. The fourth-order valence-electron chi connectivity index (χ4n) is 2.51. The fraction of sp³-hybridized carbons (Fsp3) is 0.600. The smallest absolute Gasteiger partial charge is 0.154 e. The molecule has 5 heteroatoms. The van der Waals surface area contributed by atoms with Crippen LogP contribution < -0.4 is 10.2 Å². The summed E-state index contributed by atoms with van der Waals surface area (Å²) < 4.78 is 23.2. The van der Waals surface area contributed by atoms with Crippen LogP contribution in [0.15, 0.2) is 24.3 Å². The van der Waals surface area contributed by atoms with Crippen molar-refractivity contribution in [3.8, 4) is 0 Å². The minimum Gasteiger partial charge on any atom is -0.367 e. The maximum absolute atomic E-state index is 11.6. The van der Waals surface area contributed by atoms with E-state index in [9.17, 15) is 8.42 Å². The normalized spacial score (nSPS) is 22.2. The Kier molecular flexibility index (Phi) is 4.70. The van der Waals surface area contributed by atoms with Crippen LogP contribution in [0.1, 0.15) is 26.3 Å². The lowest BCUT2D eigenvalue weighted by Crippen LogP contribution is -2.47. The van der Waals surface area contributed by atoms with Crippen molar-refractivity contribution in [2.24, 2.45) is 0 Å². The van der Waals surface area contributed by atoms with Crippen molar-refractivity contribution in [2.45, 2.75) is 39.4 Å². The van der Waals surface area contributed by atoms with Gasteiger partial charge in [-0.25, -0.2) is 8.42 Å². The van der Waals surface area contributed by atoms with Gasteiger partial charge in [0.1, 0.15) is 0 Å². The predicted octanol–water partition coefficient (Wildman–Crippen LogP) is 1.81. The summed E-state index contributed by atoms with van der Waals surface area (Å²) in [5, 5.41) is 3.39. The molecule has 0 aliphatic carbocycles. The van der Waals surface area contributed by atoms with E-state index in [4.69, 9.17) is 0 Å². The number of benzene rings is 1. The summed E-state index contributed by atoms with van der Waals surface area (Å²) in [5.74, 6) is 0.512. The van der Waals surface area contributed by atoms with E-state index in [1.807, 2.05) is 6.92 Å². The summed E-state index contributed by atoms with van der Waals surface area (Å²) >= 11 is 0. The Morgan fingerprint density at radius 2 is 1.95 bits per heavy atom. The van der Waals surface area contributed by atoms with Crippen LogP contribution in [-0.4, -0.2) is 38.6 Å². The molecule has 0 amide bonds. The number of sulfone groups is 1. The van der Waals surface area contributed by atoms with Crippen LogP contribution in [-0.2, 0) is 16.4 Å². The van der Waals surface area contributed by atoms with Gasteiger partial charge in [0.05, 0.1) is 11.5 Å². The lowest BCUT2D eigenvalue weighted by molar-refractivity contribution is 0.568. The molecule has 1 heterocycles. The summed E-state index contributed by atoms with van der Waals surface area (Å²) in [7, 11) is -2.85. The summed E-state index contributed by atoms with van der Waals surface area (Å²) in [6.45, 7) is 7.69. The second-order valence-corrected chi connectivity index (χ2v) is 8.09. The molecule has 0 bridgehead atoms. The van der Waals surface area contributed by atoms with E-state index in [1.54, 1.807) is 0 Å². The van der Waals surface area contributed by atoms with E-state index in [2.05, 4.69) is 48.3 Å². The first-order valence-electron chi connectivity index (χ1n) is 7.17. The average molecular weight is 296 g/mol. The molecule has 1 aromatic rings. The zero-order chi connectivity index (χ0) is 14.8. The van der Waals surface area contributed by atoms with Crippen molar-refractivity contribution in [1.82, 2.24) is 5.32 Å². The Labute approximate surface area is 122 Å². The highest BCUT2D eigenvalue weighted by Gasteiger charge is 2.28. The van der Waals surface area contributed by atoms with Crippen LogP contribution in [0.3, 0.4) is 0 Å². The van der Waals surface area contributed by atoms with E-state index in [0.717, 1.165) is 12.2 Å². The minimum atomic E-state index is -2.85. The van der Waals surface area contributed by atoms with Gasteiger partial charge in [-0.05, 0) is 24.6 Å². The second-order valence-electron chi connectivity index (χ2n) is 5.86. The summed E-state index contributed by atoms with van der Waals surface area (Å²) in [6.07, 6.45) is 0. The molecule has 20 heavy (non-hydrogen) atoms. The van der Waals surface area contributed by atoms with Crippen molar-refractivity contribution in [3.63, 3.8) is 0 Å². The number of anilines is 1. The molecule has 1 unspecified atom stereocenters. The summed E-state index contributed by atoms with van der Waals surface area (Å²) in [6, 6.07) is 8.92. The zero-order valence-corrected chi connectivity index (χ0v) is 13.3. The molecule has 4 nitrogen and oxygen atoms in total. The quantitative estimate of drug-likeness (QED) is 0.920. The average Bonchev–Trinajstić information content (AvgIpc) is 2.36. The van der Waals surface area contributed by atoms with Crippen molar-refractivity contribution in [1.29, 1.82) is 0 Å². The number of nitrogens with one attached hydrogen (secondary N) is 1. The van der Waals surface area contributed by atoms with Crippen LogP contribution >= 0.6 is 0 Å². The van der Waals surface area contributed by atoms with Gasteiger partial charge in [-0.3, -0.25) is 0 Å². The van der Waals surface area contributed by atoms with Crippen molar-refractivity contribution in [2.75, 3.05) is 23.0 Å². The Balaban J connectivity index is 2.03. The number of hydrogen-bond acceptors (Lipinski definition) is 4. The standard InChI is InChI=1S/C15H24N2O2S/c1-12(2)16-10-14-4-6-15(7-5-14)17-8-9-20(18,19)11-13(17)3/h4-7,12-13,16H,8-11H2,1-3H3. The molecule has 0 saturated carbocycles. The number of nitrogens with zero attached hydrogens (tertiary/aromatic N) is 1. The first kappa shape index (κ1) is 15.3. The monoisotopic (exact) mass is 296 g/mol. The van der Waals surface area contributed by atoms with Gasteiger partial charge in [0.25, 0.3) is 0 Å². The topological polar surface area (TPSA) is 49.4 Å². The number of rotatable bonds is 4. The third-order valence-electron chi connectivity index (χ3n) is 3.65. The Hall–Kier alpha value is -1.07. The van der Waals surface area contributed by atoms with Gasteiger partial charge in [-0.15, -0.1) is 0 Å². The van der Waals surface area contributed by atoms with Crippen molar-refractivity contribution >= 4 is 15.5 Å². The molecule has 1 saturated heterocycles. The maximum atomic E-state index is 11.6. The molecule has 1 aromatic carbocycles. The maximum Gasteiger partial charge on any atom is 0.154 e. The molecular formula is C15H24N2O2S. The third kappa shape index (κ3) is 3.96. The second kappa shape index (κ2) is 6.14. The Bertz CT molecular complexity index is 537.